The van der Waals surface area contributed by atoms with E-state index < -0.39 is 0 Å². The van der Waals surface area contributed by atoms with Gasteiger partial charge in [-0.25, -0.2) is 4.68 Å². The number of aryl methyl sites for hydroxylation is 1. The number of hydrogen-bond acceptors (Lipinski definition) is 4. The summed E-state index contributed by atoms with van der Waals surface area (Å²) >= 11 is 0. The smallest absolute Gasteiger partial charge is 0.224 e. The lowest BCUT2D eigenvalue weighted by molar-refractivity contribution is -0.116. The number of anilines is 1. The van der Waals surface area contributed by atoms with Crippen molar-refractivity contribution in [2.45, 2.75) is 26.7 Å². The van der Waals surface area contributed by atoms with Crippen molar-refractivity contribution >= 4 is 11.6 Å². The number of nitrogens with zero attached hydrogens (tertiary/aromatic N) is 4. The molecule has 0 radical (unpaired) electrons. The standard InChI is InChI=1S/C12H15N5O/c1-3-4-12(18)14-10-5-6-11(9(2)7-10)17-8-13-15-16-17/h5-8H,3-4H2,1-2H3,(H,14,18). The summed E-state index contributed by atoms with van der Waals surface area (Å²) in [7, 11) is 0. The molecule has 1 aromatic heterocycles. The second-order valence-corrected chi connectivity index (χ2v) is 4.05. The number of carbonyl (C=O) groups is 1. The minimum atomic E-state index is 0.0343. The third kappa shape index (κ3) is 2.71. The molecule has 0 saturated heterocycles. The van der Waals surface area contributed by atoms with Gasteiger partial charge in [0.15, 0.2) is 0 Å². The number of aromatic nitrogens is 4. The number of rotatable bonds is 4. The molecule has 0 spiro atoms. The van der Waals surface area contributed by atoms with Crippen molar-refractivity contribution in [3.63, 3.8) is 0 Å². The Morgan fingerprint density at radius 1 is 1.44 bits per heavy atom. The Bertz CT molecular complexity index is 535. The van der Waals surface area contributed by atoms with Crippen LogP contribution in [0.4, 0.5) is 5.69 Å². The van der Waals surface area contributed by atoms with Crippen LogP contribution >= 0.6 is 0 Å². The summed E-state index contributed by atoms with van der Waals surface area (Å²) in [6.07, 6.45) is 2.92. The summed E-state index contributed by atoms with van der Waals surface area (Å²) < 4.78 is 1.59. The van der Waals surface area contributed by atoms with Crippen molar-refractivity contribution in [2.24, 2.45) is 0 Å². The lowest BCUT2D eigenvalue weighted by atomic mass is 10.1. The third-order valence-corrected chi connectivity index (χ3v) is 2.55. The van der Waals surface area contributed by atoms with E-state index in [-0.39, 0.29) is 5.91 Å². The number of carbonyl (C=O) groups excluding carboxylic acids is 1. The highest BCUT2D eigenvalue weighted by Gasteiger charge is 2.05. The van der Waals surface area contributed by atoms with E-state index in [1.807, 2.05) is 32.0 Å². The van der Waals surface area contributed by atoms with Crippen LogP contribution < -0.4 is 5.32 Å². The van der Waals surface area contributed by atoms with Crippen molar-refractivity contribution in [1.29, 1.82) is 0 Å². The fourth-order valence-corrected chi connectivity index (χ4v) is 1.71. The Balaban J connectivity index is 2.18. The number of tetrazole rings is 1. The van der Waals surface area contributed by atoms with Gasteiger partial charge >= 0.3 is 0 Å². The van der Waals surface area contributed by atoms with Crippen LogP contribution in [0.1, 0.15) is 25.3 Å². The molecule has 1 amide bonds. The van der Waals surface area contributed by atoms with Gasteiger partial charge in [0.1, 0.15) is 6.33 Å². The Morgan fingerprint density at radius 3 is 2.89 bits per heavy atom. The maximum absolute atomic E-state index is 11.5. The van der Waals surface area contributed by atoms with Gasteiger partial charge < -0.3 is 5.32 Å². The highest BCUT2D eigenvalue weighted by molar-refractivity contribution is 5.90. The second-order valence-electron chi connectivity index (χ2n) is 4.05. The minimum Gasteiger partial charge on any atom is -0.326 e. The van der Waals surface area contributed by atoms with Crippen LogP contribution in [0.2, 0.25) is 0 Å². The first-order valence-electron chi connectivity index (χ1n) is 5.84. The molecule has 0 aliphatic carbocycles. The maximum atomic E-state index is 11.5. The predicted octanol–water partition coefficient (Wildman–Crippen LogP) is 1.71. The van der Waals surface area contributed by atoms with Crippen molar-refractivity contribution in [1.82, 2.24) is 20.2 Å². The Kier molecular flexibility index (Phi) is 3.66. The molecule has 0 saturated carbocycles. The highest BCUT2D eigenvalue weighted by Crippen LogP contribution is 2.18. The largest absolute Gasteiger partial charge is 0.326 e. The molecule has 6 nitrogen and oxygen atoms in total. The first kappa shape index (κ1) is 12.2. The van der Waals surface area contributed by atoms with Gasteiger partial charge in [-0.3, -0.25) is 4.79 Å². The van der Waals surface area contributed by atoms with Crippen molar-refractivity contribution < 1.29 is 4.79 Å². The number of amides is 1. The SMILES string of the molecule is CCCC(=O)Nc1ccc(-n2cnnn2)c(C)c1. The Labute approximate surface area is 105 Å². The number of hydrogen-bond donors (Lipinski definition) is 1. The molecular formula is C12H15N5O. The summed E-state index contributed by atoms with van der Waals surface area (Å²) in [5.74, 6) is 0.0343. The van der Waals surface area contributed by atoms with Gasteiger partial charge in [0.2, 0.25) is 5.91 Å². The fourth-order valence-electron chi connectivity index (χ4n) is 1.71. The van der Waals surface area contributed by atoms with Gasteiger partial charge in [0.05, 0.1) is 5.69 Å². The van der Waals surface area contributed by atoms with Gasteiger partial charge in [0.25, 0.3) is 0 Å². The van der Waals surface area contributed by atoms with Crippen LogP contribution in [0.3, 0.4) is 0 Å². The Hall–Kier alpha value is -2.24. The van der Waals surface area contributed by atoms with Gasteiger partial charge in [-0.2, -0.15) is 0 Å². The van der Waals surface area contributed by atoms with E-state index in [9.17, 15) is 4.79 Å². The zero-order valence-corrected chi connectivity index (χ0v) is 10.4. The third-order valence-electron chi connectivity index (χ3n) is 2.55. The lowest BCUT2D eigenvalue weighted by Gasteiger charge is -2.08. The molecule has 2 aromatic rings. The average Bonchev–Trinajstić information content (AvgIpc) is 2.82. The molecule has 1 aromatic carbocycles. The van der Waals surface area contributed by atoms with Crippen LogP contribution in [-0.2, 0) is 4.79 Å². The van der Waals surface area contributed by atoms with Crippen molar-refractivity contribution in [3.05, 3.63) is 30.1 Å². The Morgan fingerprint density at radius 2 is 2.28 bits per heavy atom. The minimum absolute atomic E-state index is 0.0343. The van der Waals surface area contributed by atoms with E-state index in [4.69, 9.17) is 0 Å². The van der Waals surface area contributed by atoms with Crippen LogP contribution in [0.15, 0.2) is 24.5 Å². The van der Waals surface area contributed by atoms with E-state index >= 15 is 0 Å². The van der Waals surface area contributed by atoms with Crippen LogP contribution in [-0.4, -0.2) is 26.1 Å². The normalized spacial score (nSPS) is 10.3. The summed E-state index contributed by atoms with van der Waals surface area (Å²) in [4.78, 5) is 11.5. The molecule has 94 valence electrons. The molecule has 0 fully saturated rings. The van der Waals surface area contributed by atoms with Crippen LogP contribution in [0, 0.1) is 6.92 Å². The number of benzene rings is 1. The first-order chi connectivity index (χ1) is 8.70. The maximum Gasteiger partial charge on any atom is 0.224 e. The van der Waals surface area contributed by atoms with E-state index in [0.29, 0.717) is 6.42 Å². The molecule has 18 heavy (non-hydrogen) atoms. The highest BCUT2D eigenvalue weighted by atomic mass is 16.1. The molecule has 2 rings (SSSR count). The summed E-state index contributed by atoms with van der Waals surface area (Å²) in [5, 5.41) is 13.9. The fraction of sp³-hybridized carbons (Fsp3) is 0.333. The van der Waals surface area contributed by atoms with Crippen LogP contribution in [0.25, 0.3) is 5.69 Å². The zero-order valence-electron chi connectivity index (χ0n) is 10.4. The molecule has 1 N–H and O–H groups in total. The summed E-state index contributed by atoms with van der Waals surface area (Å²) in [5.41, 5.74) is 2.69. The summed E-state index contributed by atoms with van der Waals surface area (Å²) in [6.45, 7) is 3.93. The van der Waals surface area contributed by atoms with E-state index in [1.54, 1.807) is 4.68 Å². The van der Waals surface area contributed by atoms with Gasteiger partial charge in [-0.15, -0.1) is 5.10 Å². The summed E-state index contributed by atoms with van der Waals surface area (Å²) in [6, 6.07) is 5.63. The van der Waals surface area contributed by atoms with Crippen molar-refractivity contribution in [2.75, 3.05) is 5.32 Å². The van der Waals surface area contributed by atoms with Crippen molar-refractivity contribution in [3.8, 4) is 5.69 Å². The van der Waals surface area contributed by atoms with E-state index in [1.165, 1.54) is 6.33 Å². The first-order valence-corrected chi connectivity index (χ1v) is 5.84. The van der Waals surface area contributed by atoms with E-state index in [2.05, 4.69) is 20.8 Å². The molecular weight excluding hydrogens is 230 g/mol. The monoisotopic (exact) mass is 245 g/mol. The molecule has 0 unspecified atom stereocenters. The second kappa shape index (κ2) is 5.39. The van der Waals surface area contributed by atoms with Crippen LogP contribution in [0.5, 0.6) is 0 Å². The topological polar surface area (TPSA) is 72.7 Å². The number of nitrogens with one attached hydrogen (secondary N) is 1. The predicted molar refractivity (Wildman–Crippen MR) is 67.4 cm³/mol. The average molecular weight is 245 g/mol. The van der Waals surface area contributed by atoms with Gasteiger partial charge in [-0.1, -0.05) is 6.92 Å². The molecule has 6 heteroatoms. The molecule has 0 aliphatic rings. The molecule has 0 aliphatic heterocycles. The molecule has 1 heterocycles. The van der Waals surface area contributed by atoms with Gasteiger partial charge in [-0.05, 0) is 47.5 Å². The van der Waals surface area contributed by atoms with E-state index in [0.717, 1.165) is 23.4 Å². The zero-order chi connectivity index (χ0) is 13.0. The van der Waals surface area contributed by atoms with Gasteiger partial charge in [0, 0.05) is 12.1 Å². The molecule has 0 bridgehead atoms. The lowest BCUT2D eigenvalue weighted by Crippen LogP contribution is -2.11. The molecule has 0 atom stereocenters. The quantitative estimate of drug-likeness (QED) is 0.890.